The number of non-ortho nitro benzene ring substituents is 1. The number of nitro groups is 1. The Bertz CT molecular complexity index is 700. The molecule has 0 aromatic heterocycles. The van der Waals surface area contributed by atoms with Gasteiger partial charge in [0, 0.05) is 27.5 Å². The highest BCUT2D eigenvalue weighted by atomic mass is 32.2. The van der Waals surface area contributed by atoms with Crippen molar-refractivity contribution in [1.82, 2.24) is 0 Å². The van der Waals surface area contributed by atoms with Crippen molar-refractivity contribution in [3.05, 3.63) is 55.3 Å². The van der Waals surface area contributed by atoms with E-state index in [1.54, 1.807) is 41.7 Å². The Balaban J connectivity index is 1.85. The summed E-state index contributed by atoms with van der Waals surface area (Å²) in [7, 11) is 0. The standard InChI is InChI=1S/C17H17NO3S2/c19-16-13(10-12-4-3-5-14(11-12)18(20)21)6-7-15(16)17-22-8-1-2-9-23-17/h3-5,10-11H,1-2,6-9H2/b13-10-. The van der Waals surface area contributed by atoms with Crippen LogP contribution >= 0.6 is 23.5 Å². The molecular formula is C17H17NO3S2. The van der Waals surface area contributed by atoms with Crippen LogP contribution in [0.3, 0.4) is 0 Å². The first-order valence-electron chi connectivity index (χ1n) is 7.63. The SMILES string of the molecule is O=C1C(=C2SCCCCS2)CC/C1=C/c1cccc([N+](=O)[O-])c1. The van der Waals surface area contributed by atoms with Crippen molar-refractivity contribution in [2.45, 2.75) is 25.7 Å². The van der Waals surface area contributed by atoms with Gasteiger partial charge in [0.1, 0.15) is 0 Å². The molecule has 0 atom stereocenters. The molecule has 1 aliphatic carbocycles. The van der Waals surface area contributed by atoms with Crippen molar-refractivity contribution in [3.63, 3.8) is 0 Å². The van der Waals surface area contributed by atoms with Crippen molar-refractivity contribution in [2.24, 2.45) is 0 Å². The summed E-state index contributed by atoms with van der Waals surface area (Å²) in [6.07, 6.45) is 5.73. The number of rotatable bonds is 2. The Morgan fingerprint density at radius 3 is 2.57 bits per heavy atom. The van der Waals surface area contributed by atoms with E-state index in [9.17, 15) is 14.9 Å². The van der Waals surface area contributed by atoms with Crippen LogP contribution in [-0.2, 0) is 4.79 Å². The molecule has 1 aromatic rings. The number of benzene rings is 1. The largest absolute Gasteiger partial charge is 0.289 e. The molecule has 0 radical (unpaired) electrons. The predicted octanol–water partition coefficient (Wildman–Crippen LogP) is 4.81. The van der Waals surface area contributed by atoms with E-state index < -0.39 is 4.92 Å². The Morgan fingerprint density at radius 1 is 1.13 bits per heavy atom. The molecule has 3 rings (SSSR count). The molecule has 2 fully saturated rings. The second-order valence-electron chi connectivity index (χ2n) is 5.52. The molecule has 1 aliphatic heterocycles. The first-order valence-corrected chi connectivity index (χ1v) is 9.61. The second-order valence-corrected chi connectivity index (χ2v) is 7.99. The summed E-state index contributed by atoms with van der Waals surface area (Å²) in [5.41, 5.74) is 2.48. The summed E-state index contributed by atoms with van der Waals surface area (Å²) in [6, 6.07) is 6.43. The Morgan fingerprint density at radius 2 is 1.87 bits per heavy atom. The lowest BCUT2D eigenvalue weighted by molar-refractivity contribution is -0.384. The lowest BCUT2D eigenvalue weighted by Gasteiger charge is -2.05. The first kappa shape index (κ1) is 16.3. The Labute approximate surface area is 143 Å². The number of carbonyl (C=O) groups excluding carboxylic acids is 1. The van der Waals surface area contributed by atoms with Gasteiger partial charge in [-0.25, -0.2) is 0 Å². The van der Waals surface area contributed by atoms with Crippen LogP contribution in [0.25, 0.3) is 6.08 Å². The highest BCUT2D eigenvalue weighted by Crippen LogP contribution is 2.41. The zero-order valence-corrected chi connectivity index (χ0v) is 14.3. The normalized spacial score (nSPS) is 20.9. The number of carbonyl (C=O) groups is 1. The van der Waals surface area contributed by atoms with Crippen molar-refractivity contribution in [2.75, 3.05) is 11.5 Å². The molecular weight excluding hydrogens is 330 g/mol. The molecule has 0 spiro atoms. The van der Waals surface area contributed by atoms with E-state index >= 15 is 0 Å². The molecule has 6 heteroatoms. The fourth-order valence-electron chi connectivity index (χ4n) is 2.69. The van der Waals surface area contributed by atoms with Crippen LogP contribution in [0.15, 0.2) is 39.6 Å². The minimum absolute atomic E-state index is 0.0539. The van der Waals surface area contributed by atoms with Gasteiger partial charge in [0.15, 0.2) is 5.78 Å². The van der Waals surface area contributed by atoms with Crippen LogP contribution in [-0.4, -0.2) is 22.2 Å². The van der Waals surface area contributed by atoms with Gasteiger partial charge in [-0.05, 0) is 48.8 Å². The fraction of sp³-hybridized carbons (Fsp3) is 0.353. The zero-order valence-electron chi connectivity index (χ0n) is 12.6. The molecule has 1 saturated heterocycles. The maximum absolute atomic E-state index is 12.7. The van der Waals surface area contributed by atoms with Crippen LogP contribution in [0.5, 0.6) is 0 Å². The predicted molar refractivity (Wildman–Crippen MR) is 96.5 cm³/mol. The summed E-state index contributed by atoms with van der Waals surface area (Å²) in [4.78, 5) is 23.1. The average molecular weight is 347 g/mol. The van der Waals surface area contributed by atoms with Crippen molar-refractivity contribution in [3.8, 4) is 0 Å². The highest BCUT2D eigenvalue weighted by molar-refractivity contribution is 8.22. The van der Waals surface area contributed by atoms with E-state index in [1.807, 2.05) is 0 Å². The minimum atomic E-state index is -0.412. The third kappa shape index (κ3) is 3.87. The van der Waals surface area contributed by atoms with Crippen molar-refractivity contribution in [1.29, 1.82) is 0 Å². The lowest BCUT2D eigenvalue weighted by Crippen LogP contribution is -1.98. The van der Waals surface area contributed by atoms with Gasteiger partial charge in [-0.2, -0.15) is 0 Å². The smallest absolute Gasteiger partial charge is 0.270 e. The quantitative estimate of drug-likeness (QED) is 0.436. The maximum atomic E-state index is 12.7. The molecule has 0 amide bonds. The molecule has 4 nitrogen and oxygen atoms in total. The molecule has 0 unspecified atom stereocenters. The van der Waals surface area contributed by atoms with Crippen LogP contribution in [0.2, 0.25) is 0 Å². The van der Waals surface area contributed by atoms with Gasteiger partial charge in [-0.3, -0.25) is 14.9 Å². The molecule has 1 heterocycles. The van der Waals surface area contributed by atoms with Crippen LogP contribution < -0.4 is 0 Å². The average Bonchev–Trinajstić information content (AvgIpc) is 2.77. The number of nitrogens with zero attached hydrogens (tertiary/aromatic N) is 1. The third-order valence-corrected chi connectivity index (χ3v) is 6.59. The van der Waals surface area contributed by atoms with Crippen LogP contribution in [0, 0.1) is 10.1 Å². The third-order valence-electron chi connectivity index (χ3n) is 3.88. The monoisotopic (exact) mass is 347 g/mol. The second kappa shape index (κ2) is 7.36. The molecule has 1 saturated carbocycles. The Hall–Kier alpha value is -1.53. The number of nitro benzene ring substituents is 1. The molecule has 2 aliphatic rings. The van der Waals surface area contributed by atoms with E-state index in [1.165, 1.54) is 29.2 Å². The van der Waals surface area contributed by atoms with Gasteiger partial charge >= 0.3 is 0 Å². The zero-order chi connectivity index (χ0) is 16.2. The number of Topliss-reactive ketones (excluding diaryl/α,β-unsaturated/α-hetero) is 1. The topological polar surface area (TPSA) is 60.2 Å². The first-order chi connectivity index (χ1) is 11.1. The van der Waals surface area contributed by atoms with Crippen molar-refractivity contribution < 1.29 is 9.72 Å². The molecule has 120 valence electrons. The van der Waals surface area contributed by atoms with Crippen molar-refractivity contribution >= 4 is 41.1 Å². The van der Waals surface area contributed by atoms with Gasteiger partial charge in [-0.15, -0.1) is 23.5 Å². The molecule has 1 aromatic carbocycles. The van der Waals surface area contributed by atoms with Crippen LogP contribution in [0.4, 0.5) is 5.69 Å². The molecule has 23 heavy (non-hydrogen) atoms. The van der Waals surface area contributed by atoms with Gasteiger partial charge in [0.2, 0.25) is 0 Å². The summed E-state index contributed by atoms with van der Waals surface area (Å²) in [5.74, 6) is 2.29. The number of hydrogen-bond acceptors (Lipinski definition) is 5. The van der Waals surface area contributed by atoms with Gasteiger partial charge in [0.05, 0.1) is 4.92 Å². The molecule has 0 bridgehead atoms. The number of thioether (sulfide) groups is 2. The Kier molecular flexibility index (Phi) is 5.23. The van der Waals surface area contributed by atoms with Gasteiger partial charge in [-0.1, -0.05) is 12.1 Å². The highest BCUT2D eigenvalue weighted by Gasteiger charge is 2.27. The maximum Gasteiger partial charge on any atom is 0.270 e. The minimum Gasteiger partial charge on any atom is -0.289 e. The van der Waals surface area contributed by atoms with E-state index in [-0.39, 0.29) is 11.5 Å². The summed E-state index contributed by atoms with van der Waals surface area (Å²) in [6.45, 7) is 0. The molecule has 0 N–H and O–H groups in total. The number of hydrogen-bond donors (Lipinski definition) is 0. The lowest BCUT2D eigenvalue weighted by atomic mass is 10.1. The fourth-order valence-corrected chi connectivity index (χ4v) is 5.33. The van der Waals surface area contributed by atoms with E-state index in [4.69, 9.17) is 0 Å². The number of allylic oxidation sites excluding steroid dienone is 2. The van der Waals surface area contributed by atoms with Gasteiger partial charge < -0.3 is 0 Å². The summed E-state index contributed by atoms with van der Waals surface area (Å²) in [5, 5.41) is 10.9. The van der Waals surface area contributed by atoms with E-state index in [2.05, 4.69) is 0 Å². The van der Waals surface area contributed by atoms with Crippen LogP contribution in [0.1, 0.15) is 31.2 Å². The van der Waals surface area contributed by atoms with Gasteiger partial charge in [0.25, 0.3) is 5.69 Å². The summed E-state index contributed by atoms with van der Waals surface area (Å²) < 4.78 is 1.19. The van der Waals surface area contributed by atoms with E-state index in [0.717, 1.165) is 41.1 Å². The summed E-state index contributed by atoms with van der Waals surface area (Å²) >= 11 is 3.61. The number of ketones is 1. The van der Waals surface area contributed by atoms with E-state index in [0.29, 0.717) is 0 Å².